The Bertz CT molecular complexity index is 614. The summed E-state index contributed by atoms with van der Waals surface area (Å²) < 4.78 is 13.8. The molecule has 1 amide bonds. The van der Waals surface area contributed by atoms with Crippen LogP contribution in [0.4, 0.5) is 10.1 Å². The van der Waals surface area contributed by atoms with Gasteiger partial charge in [-0.05, 0) is 35.9 Å². The third kappa shape index (κ3) is 3.59. The topological polar surface area (TPSA) is 49.3 Å². The molecule has 0 aliphatic heterocycles. The van der Waals surface area contributed by atoms with Crippen molar-refractivity contribution in [2.24, 2.45) is 0 Å². The lowest BCUT2D eigenvalue weighted by Crippen LogP contribution is -2.05. The van der Waals surface area contributed by atoms with Crippen molar-refractivity contribution in [3.8, 4) is 0 Å². The van der Waals surface area contributed by atoms with Gasteiger partial charge in [-0.1, -0.05) is 23.9 Å². The minimum atomic E-state index is -0.354. The third-order valence-electron chi connectivity index (χ3n) is 2.61. The summed E-state index contributed by atoms with van der Waals surface area (Å²) >= 11 is 1.25. The zero-order chi connectivity index (χ0) is 14.5. The largest absolute Gasteiger partial charge is 0.392 e. The first-order valence-electron chi connectivity index (χ1n) is 6.04. The van der Waals surface area contributed by atoms with Crippen LogP contribution in [-0.2, 0) is 11.4 Å². The van der Waals surface area contributed by atoms with E-state index in [0.29, 0.717) is 16.1 Å². The maximum atomic E-state index is 13.8. The van der Waals surface area contributed by atoms with Crippen LogP contribution in [0.2, 0.25) is 0 Å². The molecule has 5 heteroatoms. The summed E-state index contributed by atoms with van der Waals surface area (Å²) in [6, 6.07) is 11.7. The number of rotatable bonds is 4. The number of aliphatic hydroxyl groups excluding tert-OH is 1. The summed E-state index contributed by atoms with van der Waals surface area (Å²) in [6.45, 7) is 1.24. The molecule has 2 aromatic carbocycles. The molecule has 3 nitrogen and oxygen atoms in total. The molecular formula is C15H14FNO2S. The highest BCUT2D eigenvalue weighted by atomic mass is 32.2. The summed E-state index contributed by atoms with van der Waals surface area (Å²) in [5.41, 5.74) is 1.25. The zero-order valence-corrected chi connectivity index (χ0v) is 11.7. The van der Waals surface area contributed by atoms with Crippen molar-refractivity contribution in [1.29, 1.82) is 0 Å². The quantitative estimate of drug-likeness (QED) is 0.907. The Morgan fingerprint density at radius 2 is 1.95 bits per heavy atom. The molecule has 0 heterocycles. The molecule has 0 aliphatic carbocycles. The lowest BCUT2D eigenvalue weighted by Gasteiger charge is -2.09. The van der Waals surface area contributed by atoms with Gasteiger partial charge in [0.25, 0.3) is 0 Å². The van der Waals surface area contributed by atoms with Crippen molar-refractivity contribution in [1.82, 2.24) is 0 Å². The molecule has 2 rings (SSSR count). The molecule has 0 saturated carbocycles. The summed E-state index contributed by atoms with van der Waals surface area (Å²) in [5.74, 6) is -0.491. The maximum Gasteiger partial charge on any atom is 0.221 e. The highest BCUT2D eigenvalue weighted by molar-refractivity contribution is 7.99. The lowest BCUT2D eigenvalue weighted by molar-refractivity contribution is -0.114. The van der Waals surface area contributed by atoms with Crippen LogP contribution in [0.1, 0.15) is 12.5 Å². The molecule has 2 N–H and O–H groups in total. The molecule has 0 bridgehead atoms. The molecule has 104 valence electrons. The summed E-state index contributed by atoms with van der Waals surface area (Å²) in [4.78, 5) is 12.2. The molecule has 0 fully saturated rings. The summed E-state index contributed by atoms with van der Waals surface area (Å²) in [5, 5.41) is 11.9. The average Bonchev–Trinajstić information content (AvgIpc) is 2.42. The number of aliphatic hydroxyl groups is 1. The molecule has 0 unspecified atom stereocenters. The molecule has 0 atom stereocenters. The van der Waals surface area contributed by atoms with E-state index < -0.39 is 0 Å². The second-order valence-electron chi connectivity index (χ2n) is 4.19. The van der Waals surface area contributed by atoms with Crippen molar-refractivity contribution in [2.75, 3.05) is 5.32 Å². The first kappa shape index (κ1) is 14.6. The van der Waals surface area contributed by atoms with Crippen molar-refractivity contribution < 1.29 is 14.3 Å². The van der Waals surface area contributed by atoms with Gasteiger partial charge in [-0.25, -0.2) is 4.39 Å². The van der Waals surface area contributed by atoms with Crippen LogP contribution in [0.15, 0.2) is 52.3 Å². The number of nitrogens with one attached hydrogen (secondary N) is 1. The van der Waals surface area contributed by atoms with Gasteiger partial charge in [0.15, 0.2) is 0 Å². The SMILES string of the molecule is CC(=O)Nc1ccc(Sc2c(F)cccc2CO)cc1. The van der Waals surface area contributed by atoms with E-state index in [2.05, 4.69) is 5.32 Å². The van der Waals surface area contributed by atoms with Gasteiger partial charge in [0.05, 0.1) is 11.5 Å². The van der Waals surface area contributed by atoms with E-state index in [9.17, 15) is 14.3 Å². The van der Waals surface area contributed by atoms with Gasteiger partial charge in [-0.2, -0.15) is 0 Å². The molecule has 0 aliphatic rings. The minimum absolute atomic E-state index is 0.137. The lowest BCUT2D eigenvalue weighted by atomic mass is 10.2. The Morgan fingerprint density at radius 1 is 1.25 bits per heavy atom. The molecule has 20 heavy (non-hydrogen) atoms. The third-order valence-corrected chi connectivity index (χ3v) is 3.78. The predicted octanol–water partition coefficient (Wildman–Crippen LogP) is 3.43. The minimum Gasteiger partial charge on any atom is -0.392 e. The Balaban J connectivity index is 2.20. The highest BCUT2D eigenvalue weighted by Gasteiger charge is 2.09. The van der Waals surface area contributed by atoms with Gasteiger partial charge in [-0.15, -0.1) is 0 Å². The van der Waals surface area contributed by atoms with Crippen LogP contribution >= 0.6 is 11.8 Å². The van der Waals surface area contributed by atoms with Gasteiger partial charge in [-0.3, -0.25) is 4.79 Å². The Morgan fingerprint density at radius 3 is 2.55 bits per heavy atom. The monoisotopic (exact) mass is 291 g/mol. The van der Waals surface area contributed by atoms with Crippen LogP contribution in [0, 0.1) is 5.82 Å². The van der Waals surface area contributed by atoms with Gasteiger partial charge in [0.1, 0.15) is 5.82 Å². The standard InChI is InChI=1S/C15H14FNO2S/c1-10(19)17-12-5-7-13(8-6-12)20-15-11(9-18)3-2-4-14(15)16/h2-8,18H,9H2,1H3,(H,17,19). The fraction of sp³-hybridized carbons (Fsp3) is 0.133. The second-order valence-corrected chi connectivity index (χ2v) is 5.28. The van der Waals surface area contributed by atoms with Gasteiger partial charge in [0, 0.05) is 17.5 Å². The fourth-order valence-electron chi connectivity index (χ4n) is 1.72. The van der Waals surface area contributed by atoms with Crippen molar-refractivity contribution >= 4 is 23.4 Å². The Labute approximate surface area is 120 Å². The number of carbonyl (C=O) groups is 1. The van der Waals surface area contributed by atoms with Crippen LogP contribution in [0.5, 0.6) is 0 Å². The number of anilines is 1. The van der Waals surface area contributed by atoms with Gasteiger partial charge < -0.3 is 10.4 Å². The van der Waals surface area contributed by atoms with Crippen LogP contribution in [0.25, 0.3) is 0 Å². The number of carbonyl (C=O) groups excluding carboxylic acids is 1. The van der Waals surface area contributed by atoms with Crippen molar-refractivity contribution in [3.63, 3.8) is 0 Å². The van der Waals surface area contributed by atoms with Crippen LogP contribution < -0.4 is 5.32 Å². The Kier molecular flexibility index (Phi) is 4.76. The second kappa shape index (κ2) is 6.54. The van der Waals surface area contributed by atoms with Crippen LogP contribution in [-0.4, -0.2) is 11.0 Å². The summed E-state index contributed by atoms with van der Waals surface area (Å²) in [7, 11) is 0. The molecule has 0 aromatic heterocycles. The van der Waals surface area contributed by atoms with Gasteiger partial charge >= 0.3 is 0 Å². The number of halogens is 1. The smallest absolute Gasteiger partial charge is 0.221 e. The number of hydrogen-bond acceptors (Lipinski definition) is 3. The first-order valence-corrected chi connectivity index (χ1v) is 6.85. The van der Waals surface area contributed by atoms with Crippen molar-refractivity contribution in [3.05, 3.63) is 53.8 Å². The van der Waals surface area contributed by atoms with Gasteiger partial charge in [0.2, 0.25) is 5.91 Å². The average molecular weight is 291 g/mol. The molecule has 2 aromatic rings. The van der Waals surface area contributed by atoms with E-state index in [0.717, 1.165) is 4.90 Å². The van der Waals surface area contributed by atoms with Crippen LogP contribution in [0.3, 0.4) is 0 Å². The maximum absolute atomic E-state index is 13.8. The van der Waals surface area contributed by atoms with E-state index >= 15 is 0 Å². The van der Waals surface area contributed by atoms with E-state index in [4.69, 9.17) is 0 Å². The first-order chi connectivity index (χ1) is 9.60. The molecular weight excluding hydrogens is 277 g/mol. The zero-order valence-electron chi connectivity index (χ0n) is 10.9. The number of benzene rings is 2. The number of hydrogen-bond donors (Lipinski definition) is 2. The highest BCUT2D eigenvalue weighted by Crippen LogP contribution is 2.33. The molecule has 0 spiro atoms. The van der Waals surface area contributed by atoms with Crippen molar-refractivity contribution in [2.45, 2.75) is 23.3 Å². The number of amides is 1. The fourth-order valence-corrected chi connectivity index (χ4v) is 2.66. The van der Waals surface area contributed by atoms with E-state index in [1.165, 1.54) is 24.8 Å². The molecule has 0 radical (unpaired) electrons. The predicted molar refractivity (Wildman–Crippen MR) is 77.2 cm³/mol. The van der Waals surface area contributed by atoms with E-state index in [-0.39, 0.29) is 18.3 Å². The Hall–Kier alpha value is -1.85. The molecule has 0 saturated heterocycles. The van der Waals surface area contributed by atoms with E-state index in [1.807, 2.05) is 0 Å². The van der Waals surface area contributed by atoms with E-state index in [1.54, 1.807) is 36.4 Å². The summed E-state index contributed by atoms with van der Waals surface area (Å²) in [6.07, 6.45) is 0. The normalized spacial score (nSPS) is 10.3.